The van der Waals surface area contributed by atoms with E-state index in [1.165, 1.54) is 6.07 Å². The molecule has 1 saturated heterocycles. The van der Waals surface area contributed by atoms with Crippen LogP contribution in [0.15, 0.2) is 54.7 Å². The largest absolute Gasteiger partial charge is 0.439 e. The number of hydrogen-bond acceptors (Lipinski definition) is 7. The fourth-order valence-corrected chi connectivity index (χ4v) is 5.81. The third kappa shape index (κ3) is 5.10. The molecule has 1 aliphatic heterocycles. The first-order chi connectivity index (χ1) is 19.9. The first-order valence-corrected chi connectivity index (χ1v) is 13.6. The van der Waals surface area contributed by atoms with Gasteiger partial charge in [-0.25, -0.2) is 14.4 Å². The molecular formula is C30H27ClFN5O4. The molecular weight excluding hydrogens is 549 g/mol. The Bertz CT molecular complexity index is 1780. The quantitative estimate of drug-likeness (QED) is 0.286. The van der Waals surface area contributed by atoms with Crippen LogP contribution < -0.4 is 4.74 Å². The summed E-state index contributed by atoms with van der Waals surface area (Å²) in [6.07, 6.45) is 3.07. The second-order valence-electron chi connectivity index (χ2n) is 10.0. The van der Waals surface area contributed by atoms with Crippen molar-refractivity contribution in [2.24, 2.45) is 0 Å². The summed E-state index contributed by atoms with van der Waals surface area (Å²) in [5.41, 5.74) is 3.34. The minimum atomic E-state index is -0.494. The van der Waals surface area contributed by atoms with Crippen LogP contribution in [-0.4, -0.2) is 60.2 Å². The molecule has 2 aromatic carbocycles. The van der Waals surface area contributed by atoms with Gasteiger partial charge in [-0.3, -0.25) is 9.78 Å². The highest BCUT2D eigenvalue weighted by atomic mass is 35.5. The zero-order valence-corrected chi connectivity index (χ0v) is 23.0. The number of aliphatic hydroxyl groups excluding tert-OH is 2. The molecule has 0 saturated carbocycles. The van der Waals surface area contributed by atoms with Gasteiger partial charge in [0.1, 0.15) is 29.5 Å². The summed E-state index contributed by atoms with van der Waals surface area (Å²) in [6.45, 7) is 2.31. The molecule has 1 fully saturated rings. The standard InChI is InChI=1S/C30H27ClFN5O4/c1-17-34-27-14-33-26-13-25(32)22(12-23(26)30(27)37(17)19-7-9-36(10-8-19)29(40)16-39)21-6-5-20(11-24(21)31)41-28-4-2-3-18(15-38)35-28/h2-6,11-14,19,38-39H,7-10,15-16H2,1H3. The number of carbonyl (C=O) groups is 1. The summed E-state index contributed by atoms with van der Waals surface area (Å²) in [7, 11) is 0. The predicted molar refractivity (Wildman–Crippen MR) is 152 cm³/mol. The summed E-state index contributed by atoms with van der Waals surface area (Å²) in [4.78, 5) is 27.1. The lowest BCUT2D eigenvalue weighted by molar-refractivity contribution is -0.135. The molecule has 6 rings (SSSR count). The van der Waals surface area contributed by atoms with Crippen LogP contribution in [-0.2, 0) is 11.4 Å². The fraction of sp³-hybridized carbons (Fsp3) is 0.267. The van der Waals surface area contributed by atoms with Gasteiger partial charge in [0.25, 0.3) is 0 Å². The number of rotatable bonds is 6. The van der Waals surface area contributed by atoms with Gasteiger partial charge >= 0.3 is 0 Å². The molecule has 0 unspecified atom stereocenters. The van der Waals surface area contributed by atoms with Crippen LogP contribution in [0, 0.1) is 12.7 Å². The number of carbonyl (C=O) groups excluding carboxylic acids is 1. The van der Waals surface area contributed by atoms with Crippen LogP contribution >= 0.6 is 11.6 Å². The van der Waals surface area contributed by atoms with E-state index < -0.39 is 12.4 Å². The van der Waals surface area contributed by atoms with Crippen LogP contribution in [0.5, 0.6) is 11.6 Å². The van der Waals surface area contributed by atoms with E-state index in [-0.39, 0.29) is 18.6 Å². The summed E-state index contributed by atoms with van der Waals surface area (Å²) in [5, 5.41) is 19.6. The molecule has 2 N–H and O–H groups in total. The highest BCUT2D eigenvalue weighted by Gasteiger charge is 2.27. The SMILES string of the molecule is Cc1nc2cnc3cc(F)c(-c4ccc(Oc5cccc(CO)n5)cc4Cl)cc3c2n1C1CCN(C(=O)CO)CC1. The van der Waals surface area contributed by atoms with Crippen molar-refractivity contribution in [2.45, 2.75) is 32.4 Å². The molecule has 0 spiro atoms. The van der Waals surface area contributed by atoms with Crippen LogP contribution in [0.2, 0.25) is 5.02 Å². The average molecular weight is 576 g/mol. The Hall–Kier alpha value is -4.12. The number of nitrogens with zero attached hydrogens (tertiary/aromatic N) is 5. The molecule has 9 nitrogen and oxygen atoms in total. The zero-order chi connectivity index (χ0) is 28.7. The number of pyridine rings is 2. The van der Waals surface area contributed by atoms with Gasteiger partial charge in [0.2, 0.25) is 11.8 Å². The highest BCUT2D eigenvalue weighted by molar-refractivity contribution is 6.33. The van der Waals surface area contributed by atoms with Crippen LogP contribution in [0.3, 0.4) is 0 Å². The smallest absolute Gasteiger partial charge is 0.248 e. The molecule has 1 amide bonds. The number of likely N-dealkylation sites (tertiary alicyclic amines) is 1. The van der Waals surface area contributed by atoms with Crippen molar-refractivity contribution in [1.82, 2.24) is 24.4 Å². The second kappa shape index (κ2) is 11.0. The Morgan fingerprint density at radius 1 is 1.07 bits per heavy atom. The van der Waals surface area contributed by atoms with Gasteiger partial charge in [-0.15, -0.1) is 0 Å². The number of hydrogen-bond donors (Lipinski definition) is 2. The predicted octanol–water partition coefficient (Wildman–Crippen LogP) is 5.19. The van der Waals surface area contributed by atoms with Crippen molar-refractivity contribution in [1.29, 1.82) is 0 Å². The average Bonchev–Trinajstić information content (AvgIpc) is 3.33. The monoisotopic (exact) mass is 575 g/mol. The molecule has 11 heteroatoms. The molecule has 41 heavy (non-hydrogen) atoms. The number of halogens is 2. The number of ether oxygens (including phenoxy) is 1. The number of fused-ring (bicyclic) bond motifs is 3. The van der Waals surface area contributed by atoms with Crippen molar-refractivity contribution in [2.75, 3.05) is 19.7 Å². The van der Waals surface area contributed by atoms with Gasteiger partial charge < -0.3 is 24.4 Å². The van der Waals surface area contributed by atoms with E-state index in [0.717, 1.165) is 16.7 Å². The van der Waals surface area contributed by atoms with Gasteiger partial charge in [-0.1, -0.05) is 17.7 Å². The summed E-state index contributed by atoms with van der Waals surface area (Å²) in [5.74, 6) is 0.808. The maximum Gasteiger partial charge on any atom is 0.248 e. The third-order valence-corrected chi connectivity index (χ3v) is 7.81. The van der Waals surface area contributed by atoms with E-state index in [2.05, 4.69) is 14.5 Å². The summed E-state index contributed by atoms with van der Waals surface area (Å²) in [6, 6.07) is 13.3. The van der Waals surface area contributed by atoms with Crippen molar-refractivity contribution < 1.29 is 24.1 Å². The first kappa shape index (κ1) is 27.1. The third-order valence-electron chi connectivity index (χ3n) is 7.49. The molecule has 0 radical (unpaired) electrons. The van der Waals surface area contributed by atoms with E-state index in [9.17, 15) is 15.0 Å². The topological polar surface area (TPSA) is 114 Å². The molecule has 5 aromatic rings. The lowest BCUT2D eigenvalue weighted by Crippen LogP contribution is -2.40. The minimum absolute atomic E-state index is 0.0832. The van der Waals surface area contributed by atoms with Crippen LogP contribution in [0.1, 0.15) is 30.4 Å². The number of aliphatic hydroxyl groups is 2. The fourth-order valence-electron chi connectivity index (χ4n) is 5.54. The van der Waals surface area contributed by atoms with Gasteiger partial charge in [-0.2, -0.15) is 0 Å². The van der Waals surface area contributed by atoms with Crippen molar-refractivity contribution in [3.63, 3.8) is 0 Å². The zero-order valence-electron chi connectivity index (χ0n) is 22.2. The van der Waals surface area contributed by atoms with Crippen LogP contribution in [0.4, 0.5) is 4.39 Å². The highest BCUT2D eigenvalue weighted by Crippen LogP contribution is 2.38. The molecule has 4 heterocycles. The van der Waals surface area contributed by atoms with E-state index in [1.54, 1.807) is 53.6 Å². The number of piperidine rings is 1. The van der Waals surface area contributed by atoms with Crippen molar-refractivity contribution >= 4 is 39.4 Å². The number of aryl methyl sites for hydroxylation is 1. The minimum Gasteiger partial charge on any atom is -0.439 e. The van der Waals surface area contributed by atoms with Crippen LogP contribution in [0.25, 0.3) is 33.1 Å². The van der Waals surface area contributed by atoms with Gasteiger partial charge in [-0.05, 0) is 44.0 Å². The lowest BCUT2D eigenvalue weighted by Gasteiger charge is -2.33. The number of imidazole rings is 1. The van der Waals surface area contributed by atoms with E-state index >= 15 is 4.39 Å². The molecule has 210 valence electrons. The summed E-state index contributed by atoms with van der Waals surface area (Å²) < 4.78 is 23.5. The Labute approximate surface area is 239 Å². The Morgan fingerprint density at radius 2 is 1.88 bits per heavy atom. The van der Waals surface area contributed by atoms with Crippen molar-refractivity contribution in [3.8, 4) is 22.8 Å². The number of amides is 1. The normalized spacial score (nSPS) is 14.2. The number of benzene rings is 2. The molecule has 0 atom stereocenters. The Morgan fingerprint density at radius 3 is 2.61 bits per heavy atom. The van der Waals surface area contributed by atoms with Gasteiger partial charge in [0.05, 0.1) is 34.6 Å². The number of aromatic nitrogens is 4. The first-order valence-electron chi connectivity index (χ1n) is 13.3. The Kier molecular flexibility index (Phi) is 7.29. The van der Waals surface area contributed by atoms with E-state index in [4.69, 9.17) is 21.3 Å². The Balaban J connectivity index is 1.38. The molecule has 1 aliphatic rings. The maximum absolute atomic E-state index is 15.5. The van der Waals surface area contributed by atoms with Gasteiger partial charge in [0, 0.05) is 53.8 Å². The maximum atomic E-state index is 15.5. The van der Waals surface area contributed by atoms with Crippen molar-refractivity contribution in [3.05, 3.63) is 77.1 Å². The molecule has 0 bridgehead atoms. The molecule has 3 aromatic heterocycles. The van der Waals surface area contributed by atoms with E-state index in [1.807, 2.05) is 6.92 Å². The second-order valence-corrected chi connectivity index (χ2v) is 10.4. The van der Waals surface area contributed by atoms with E-state index in [0.29, 0.717) is 70.4 Å². The lowest BCUT2D eigenvalue weighted by atomic mass is 10.0. The van der Waals surface area contributed by atoms with Gasteiger partial charge in [0.15, 0.2) is 0 Å². The summed E-state index contributed by atoms with van der Waals surface area (Å²) >= 11 is 6.65. The molecule has 0 aliphatic carbocycles.